The smallest absolute Gasteiger partial charge is 0.326 e. The summed E-state index contributed by atoms with van der Waals surface area (Å²) in [6.45, 7) is 3.22. The fourth-order valence-corrected chi connectivity index (χ4v) is 3.66. The van der Waals surface area contributed by atoms with E-state index in [1.807, 2.05) is 0 Å². The fourth-order valence-electron chi connectivity index (χ4n) is 3.66. The van der Waals surface area contributed by atoms with Crippen molar-refractivity contribution in [1.29, 1.82) is 0 Å². The Kier molecular flexibility index (Phi) is 11.4. The molecule has 0 fully saturated rings. The van der Waals surface area contributed by atoms with Gasteiger partial charge in [-0.15, -0.1) is 0 Å². The number of imidazole rings is 1. The largest absolute Gasteiger partial charge is 0.508 e. The van der Waals surface area contributed by atoms with Crippen LogP contribution in [0, 0.1) is 5.92 Å². The van der Waals surface area contributed by atoms with Crippen molar-refractivity contribution in [2.75, 3.05) is 0 Å². The highest BCUT2D eigenvalue weighted by Gasteiger charge is 2.32. The number of aliphatic carboxylic acids is 2. The minimum Gasteiger partial charge on any atom is -0.508 e. The highest BCUT2D eigenvalue weighted by molar-refractivity contribution is 5.94. The van der Waals surface area contributed by atoms with Gasteiger partial charge in [-0.1, -0.05) is 26.0 Å². The number of phenols is 1. The average Bonchev–Trinajstić information content (AvgIpc) is 3.38. The van der Waals surface area contributed by atoms with E-state index in [0.717, 1.165) is 0 Å². The summed E-state index contributed by atoms with van der Waals surface area (Å²) in [5, 5.41) is 35.3. The SMILES string of the molecule is CC(C)C(NC(=O)C(Cc1cnc[nH]1)NC(=O)C(CCC(=O)O)NC(=O)C(N)Cc1ccc(O)cc1)C(=O)O. The van der Waals surface area contributed by atoms with Gasteiger partial charge in [0.05, 0.1) is 12.4 Å². The minimum atomic E-state index is -1.35. The first-order valence-corrected chi connectivity index (χ1v) is 12.2. The zero-order valence-corrected chi connectivity index (χ0v) is 21.6. The number of carbonyl (C=O) groups is 5. The van der Waals surface area contributed by atoms with Gasteiger partial charge in [-0.2, -0.15) is 0 Å². The van der Waals surface area contributed by atoms with Gasteiger partial charge in [0.2, 0.25) is 17.7 Å². The Balaban J connectivity index is 2.19. The zero-order valence-electron chi connectivity index (χ0n) is 21.6. The zero-order chi connectivity index (χ0) is 29.1. The first kappa shape index (κ1) is 30.8. The number of nitrogens with one attached hydrogen (secondary N) is 4. The molecule has 0 aliphatic heterocycles. The lowest BCUT2D eigenvalue weighted by Crippen LogP contribution is -2.58. The van der Waals surface area contributed by atoms with Gasteiger partial charge in [0, 0.05) is 24.7 Å². The third-order valence-corrected chi connectivity index (χ3v) is 5.85. The standard InChI is InChI=1S/C25H34N6O8/c1-13(2)21(25(38)39)31-24(37)19(10-15-11-27-12-28-15)30-23(36)18(7-8-20(33)34)29-22(35)17(26)9-14-3-5-16(32)6-4-14/h3-6,11-13,17-19,21,32H,7-10,26H2,1-2H3,(H,27,28)(H,29,35)(H,30,36)(H,31,37)(H,33,34)(H,38,39). The van der Waals surface area contributed by atoms with Crippen molar-refractivity contribution in [3.8, 4) is 5.75 Å². The second-order valence-electron chi connectivity index (χ2n) is 9.38. The van der Waals surface area contributed by atoms with E-state index in [1.165, 1.54) is 24.7 Å². The molecule has 1 aromatic heterocycles. The van der Waals surface area contributed by atoms with E-state index in [1.54, 1.807) is 26.0 Å². The van der Waals surface area contributed by atoms with Gasteiger partial charge >= 0.3 is 11.9 Å². The number of carboxylic acids is 2. The van der Waals surface area contributed by atoms with Crippen LogP contribution in [-0.4, -0.2) is 79.1 Å². The lowest BCUT2D eigenvalue weighted by Gasteiger charge is -2.25. The quantitative estimate of drug-likeness (QED) is 0.140. The number of nitrogens with two attached hydrogens (primary N) is 1. The van der Waals surface area contributed by atoms with Gasteiger partial charge in [0.25, 0.3) is 0 Å². The molecule has 0 aliphatic rings. The highest BCUT2D eigenvalue weighted by Crippen LogP contribution is 2.11. The lowest BCUT2D eigenvalue weighted by molar-refractivity contribution is -0.143. The van der Waals surface area contributed by atoms with E-state index < -0.39 is 66.2 Å². The second kappa shape index (κ2) is 14.5. The van der Waals surface area contributed by atoms with Crippen molar-refractivity contribution in [3.63, 3.8) is 0 Å². The summed E-state index contributed by atoms with van der Waals surface area (Å²) in [4.78, 5) is 68.4. The van der Waals surface area contributed by atoms with Crippen LogP contribution in [0.25, 0.3) is 0 Å². The number of rotatable bonds is 15. The summed E-state index contributed by atoms with van der Waals surface area (Å²) in [7, 11) is 0. The highest BCUT2D eigenvalue weighted by atomic mass is 16.4. The van der Waals surface area contributed by atoms with Crippen LogP contribution in [0.5, 0.6) is 5.75 Å². The van der Waals surface area contributed by atoms with Crippen molar-refractivity contribution in [2.45, 2.75) is 63.7 Å². The molecule has 0 aliphatic carbocycles. The molecule has 39 heavy (non-hydrogen) atoms. The number of aromatic hydroxyl groups is 1. The summed E-state index contributed by atoms with van der Waals surface area (Å²) in [6, 6.07) is 1.09. The molecule has 212 valence electrons. The number of phenolic OH excluding ortho intramolecular Hbond substituents is 1. The summed E-state index contributed by atoms with van der Waals surface area (Å²) in [5.41, 5.74) is 7.11. The Morgan fingerprint density at radius 3 is 2.08 bits per heavy atom. The van der Waals surface area contributed by atoms with Crippen molar-refractivity contribution < 1.29 is 39.3 Å². The van der Waals surface area contributed by atoms with Gasteiger partial charge in [-0.05, 0) is 36.5 Å². The molecule has 4 unspecified atom stereocenters. The topological polar surface area (TPSA) is 237 Å². The third kappa shape index (κ3) is 10.1. The average molecular weight is 547 g/mol. The first-order valence-electron chi connectivity index (χ1n) is 12.2. The molecule has 0 saturated carbocycles. The molecular formula is C25H34N6O8. The molecule has 1 heterocycles. The van der Waals surface area contributed by atoms with Gasteiger partial charge < -0.3 is 42.0 Å². The number of aromatic nitrogens is 2. The van der Waals surface area contributed by atoms with Crippen LogP contribution < -0.4 is 21.7 Å². The second-order valence-corrected chi connectivity index (χ2v) is 9.38. The maximum atomic E-state index is 13.2. The van der Waals surface area contributed by atoms with Crippen LogP contribution in [0.4, 0.5) is 0 Å². The Labute approximate surface area is 224 Å². The van der Waals surface area contributed by atoms with Crippen molar-refractivity contribution >= 4 is 29.7 Å². The van der Waals surface area contributed by atoms with Crippen LogP contribution in [0.1, 0.15) is 37.9 Å². The maximum Gasteiger partial charge on any atom is 0.326 e. The van der Waals surface area contributed by atoms with Gasteiger partial charge in [-0.3, -0.25) is 19.2 Å². The number of H-pyrrole nitrogens is 1. The molecule has 2 rings (SSSR count). The van der Waals surface area contributed by atoms with Crippen molar-refractivity contribution in [1.82, 2.24) is 25.9 Å². The third-order valence-electron chi connectivity index (χ3n) is 5.85. The number of carbonyl (C=O) groups excluding carboxylic acids is 3. The van der Waals surface area contributed by atoms with Gasteiger partial charge in [0.1, 0.15) is 23.9 Å². The van der Waals surface area contributed by atoms with Crippen molar-refractivity contribution in [2.24, 2.45) is 11.7 Å². The first-order chi connectivity index (χ1) is 18.4. The molecule has 0 spiro atoms. The van der Waals surface area contributed by atoms with Crippen LogP contribution >= 0.6 is 0 Å². The molecule has 4 atom stereocenters. The van der Waals surface area contributed by atoms with E-state index in [2.05, 4.69) is 25.9 Å². The summed E-state index contributed by atoms with van der Waals surface area (Å²) < 4.78 is 0. The van der Waals surface area contributed by atoms with Crippen LogP contribution in [0.15, 0.2) is 36.8 Å². The number of nitrogens with zero attached hydrogens (tertiary/aromatic N) is 1. The van der Waals surface area contributed by atoms with Crippen LogP contribution in [0.3, 0.4) is 0 Å². The van der Waals surface area contributed by atoms with Crippen molar-refractivity contribution in [3.05, 3.63) is 48.0 Å². The predicted molar refractivity (Wildman–Crippen MR) is 137 cm³/mol. The molecule has 14 heteroatoms. The normalized spacial score (nSPS) is 14.1. The number of hydrogen-bond acceptors (Lipinski definition) is 8. The Bertz CT molecular complexity index is 1140. The van der Waals surface area contributed by atoms with E-state index >= 15 is 0 Å². The molecular weight excluding hydrogens is 512 g/mol. The molecule has 0 bridgehead atoms. The number of carboxylic acid groups (broad SMARTS) is 2. The van der Waals surface area contributed by atoms with Gasteiger partial charge in [-0.25, -0.2) is 9.78 Å². The number of aromatic amines is 1. The van der Waals surface area contributed by atoms with E-state index in [-0.39, 0.29) is 25.0 Å². The van der Waals surface area contributed by atoms with E-state index in [4.69, 9.17) is 10.8 Å². The Morgan fingerprint density at radius 1 is 0.923 bits per heavy atom. The molecule has 9 N–H and O–H groups in total. The molecule has 0 radical (unpaired) electrons. The molecule has 2 aromatic rings. The Morgan fingerprint density at radius 2 is 1.54 bits per heavy atom. The van der Waals surface area contributed by atoms with Crippen LogP contribution in [-0.2, 0) is 36.8 Å². The van der Waals surface area contributed by atoms with E-state index in [0.29, 0.717) is 11.3 Å². The summed E-state index contributed by atoms with van der Waals surface area (Å²) in [5.74, 6) is -5.23. The van der Waals surface area contributed by atoms with Crippen LogP contribution in [0.2, 0.25) is 0 Å². The number of benzene rings is 1. The predicted octanol–water partition coefficient (Wildman–Crippen LogP) is -0.712. The van der Waals surface area contributed by atoms with E-state index in [9.17, 15) is 34.2 Å². The molecule has 1 aromatic carbocycles. The summed E-state index contributed by atoms with van der Waals surface area (Å²) in [6.07, 6.45) is 2.04. The fraction of sp³-hybridized carbons (Fsp3) is 0.440. The Hall–Kier alpha value is -4.46. The molecule has 0 saturated heterocycles. The molecule has 3 amide bonds. The lowest BCUT2D eigenvalue weighted by atomic mass is 10.0. The summed E-state index contributed by atoms with van der Waals surface area (Å²) >= 11 is 0. The monoisotopic (exact) mass is 546 g/mol. The van der Waals surface area contributed by atoms with Gasteiger partial charge in [0.15, 0.2) is 0 Å². The molecule has 14 nitrogen and oxygen atoms in total. The maximum absolute atomic E-state index is 13.2. The number of amides is 3. The minimum absolute atomic E-state index is 0.0407. The number of hydrogen-bond donors (Lipinski definition) is 8.